The minimum Gasteiger partial charge on any atom is -0.492 e. The van der Waals surface area contributed by atoms with Crippen molar-refractivity contribution in [3.8, 4) is 5.75 Å². The predicted octanol–water partition coefficient (Wildman–Crippen LogP) is 2.39. The second kappa shape index (κ2) is 5.15. The van der Waals surface area contributed by atoms with Crippen molar-refractivity contribution in [1.82, 2.24) is 0 Å². The van der Waals surface area contributed by atoms with Crippen molar-refractivity contribution in [3.05, 3.63) is 24.8 Å². The highest BCUT2D eigenvalue weighted by molar-refractivity contribution is 14.1. The van der Waals surface area contributed by atoms with Gasteiger partial charge in [-0.3, -0.25) is 4.79 Å². The Labute approximate surface area is 110 Å². The third kappa shape index (κ3) is 2.72. The number of hydrogen-bond donors (Lipinski definition) is 1. The standard InChI is InChI=1S/C9H9I2NO2/c1-2-14-8-6(10)3-5(9(12)13)4-7(8)11/h3-4H,2H2,1H3,(H2,12,13). The summed E-state index contributed by atoms with van der Waals surface area (Å²) in [6.45, 7) is 2.54. The number of hydrogen-bond acceptors (Lipinski definition) is 2. The van der Waals surface area contributed by atoms with Crippen molar-refractivity contribution in [3.63, 3.8) is 0 Å². The quantitative estimate of drug-likeness (QED) is 0.769. The summed E-state index contributed by atoms with van der Waals surface area (Å²) in [5.41, 5.74) is 5.71. The molecule has 14 heavy (non-hydrogen) atoms. The molecule has 3 nitrogen and oxygen atoms in total. The molecule has 0 fully saturated rings. The van der Waals surface area contributed by atoms with Crippen molar-refractivity contribution in [2.45, 2.75) is 6.92 Å². The molecule has 0 saturated carbocycles. The molecule has 0 atom stereocenters. The molecule has 0 aliphatic carbocycles. The smallest absolute Gasteiger partial charge is 0.248 e. The highest BCUT2D eigenvalue weighted by atomic mass is 127. The zero-order chi connectivity index (χ0) is 10.7. The Bertz CT molecular complexity index is 343. The van der Waals surface area contributed by atoms with E-state index in [-0.39, 0.29) is 0 Å². The summed E-state index contributed by atoms with van der Waals surface area (Å²) in [5, 5.41) is 0. The van der Waals surface area contributed by atoms with Gasteiger partial charge in [0.2, 0.25) is 5.91 Å². The molecule has 0 bridgehead atoms. The maximum atomic E-state index is 10.9. The molecule has 0 saturated heterocycles. The first-order valence-electron chi connectivity index (χ1n) is 3.98. The van der Waals surface area contributed by atoms with Crippen LogP contribution in [0.1, 0.15) is 17.3 Å². The van der Waals surface area contributed by atoms with Gasteiger partial charge in [0.1, 0.15) is 5.75 Å². The average molecular weight is 417 g/mol. The lowest BCUT2D eigenvalue weighted by molar-refractivity contribution is 0.1000. The van der Waals surface area contributed by atoms with Gasteiger partial charge in [-0.2, -0.15) is 0 Å². The first-order valence-corrected chi connectivity index (χ1v) is 6.13. The summed E-state index contributed by atoms with van der Waals surface area (Å²) >= 11 is 4.26. The van der Waals surface area contributed by atoms with E-state index in [0.717, 1.165) is 12.9 Å². The monoisotopic (exact) mass is 417 g/mol. The average Bonchev–Trinajstić information content (AvgIpc) is 2.10. The van der Waals surface area contributed by atoms with Crippen LogP contribution in [0, 0.1) is 7.14 Å². The lowest BCUT2D eigenvalue weighted by Crippen LogP contribution is -2.12. The van der Waals surface area contributed by atoms with Crippen LogP contribution in [0.5, 0.6) is 5.75 Å². The molecule has 1 rings (SSSR count). The van der Waals surface area contributed by atoms with Crippen LogP contribution >= 0.6 is 45.2 Å². The number of rotatable bonds is 3. The third-order valence-corrected chi connectivity index (χ3v) is 3.17. The van der Waals surface area contributed by atoms with Gasteiger partial charge in [0.05, 0.1) is 13.7 Å². The molecule has 0 spiro atoms. The van der Waals surface area contributed by atoms with Crippen LogP contribution in [0.2, 0.25) is 0 Å². The summed E-state index contributed by atoms with van der Waals surface area (Å²) < 4.78 is 7.25. The molecule has 0 radical (unpaired) electrons. The van der Waals surface area contributed by atoms with Gasteiger partial charge < -0.3 is 10.5 Å². The fraction of sp³-hybridized carbons (Fsp3) is 0.222. The number of benzene rings is 1. The molecule has 76 valence electrons. The molecule has 0 unspecified atom stereocenters. The number of ether oxygens (including phenoxy) is 1. The van der Waals surface area contributed by atoms with Gasteiger partial charge in [-0.15, -0.1) is 0 Å². The maximum absolute atomic E-state index is 10.9. The summed E-state index contributed by atoms with van der Waals surface area (Å²) in [6, 6.07) is 3.46. The van der Waals surface area contributed by atoms with Crippen molar-refractivity contribution < 1.29 is 9.53 Å². The lowest BCUT2D eigenvalue weighted by Gasteiger charge is -2.09. The molecule has 5 heteroatoms. The Balaban J connectivity index is 3.18. The Morgan fingerprint density at radius 2 is 1.93 bits per heavy atom. The van der Waals surface area contributed by atoms with Gasteiger partial charge in [-0.25, -0.2) is 0 Å². The highest BCUT2D eigenvalue weighted by Crippen LogP contribution is 2.28. The first kappa shape index (κ1) is 12.0. The van der Waals surface area contributed by atoms with Gasteiger partial charge in [0.15, 0.2) is 0 Å². The van der Waals surface area contributed by atoms with E-state index in [4.69, 9.17) is 10.5 Å². The molecule has 1 amide bonds. The van der Waals surface area contributed by atoms with Crippen LogP contribution in [0.3, 0.4) is 0 Å². The Kier molecular flexibility index (Phi) is 4.42. The van der Waals surface area contributed by atoms with E-state index in [0.29, 0.717) is 12.2 Å². The summed E-state index contributed by atoms with van der Waals surface area (Å²) in [5.74, 6) is 0.405. The second-order valence-electron chi connectivity index (χ2n) is 2.57. The summed E-state index contributed by atoms with van der Waals surface area (Å²) in [6.07, 6.45) is 0. The minimum atomic E-state index is -0.413. The maximum Gasteiger partial charge on any atom is 0.248 e. The fourth-order valence-corrected chi connectivity index (χ4v) is 3.06. The largest absolute Gasteiger partial charge is 0.492 e. The van der Waals surface area contributed by atoms with Crippen LogP contribution < -0.4 is 10.5 Å². The number of carbonyl (C=O) groups is 1. The zero-order valence-electron chi connectivity index (χ0n) is 7.51. The zero-order valence-corrected chi connectivity index (χ0v) is 11.8. The van der Waals surface area contributed by atoms with Crippen LogP contribution in [0.4, 0.5) is 0 Å². The predicted molar refractivity (Wildman–Crippen MR) is 71.6 cm³/mol. The fourth-order valence-electron chi connectivity index (χ4n) is 0.984. The van der Waals surface area contributed by atoms with Crippen LogP contribution in [-0.4, -0.2) is 12.5 Å². The van der Waals surface area contributed by atoms with Crippen molar-refractivity contribution in [2.75, 3.05) is 6.61 Å². The van der Waals surface area contributed by atoms with E-state index >= 15 is 0 Å². The van der Waals surface area contributed by atoms with E-state index in [1.54, 1.807) is 12.1 Å². The molecule has 1 aromatic carbocycles. The number of carbonyl (C=O) groups excluding carboxylic acids is 1. The number of nitrogens with two attached hydrogens (primary N) is 1. The molecule has 0 aliphatic rings. The van der Waals surface area contributed by atoms with Gasteiger partial charge >= 0.3 is 0 Å². The van der Waals surface area contributed by atoms with E-state index < -0.39 is 5.91 Å². The summed E-state index contributed by atoms with van der Waals surface area (Å²) in [4.78, 5) is 10.9. The van der Waals surface area contributed by atoms with Crippen LogP contribution in [-0.2, 0) is 0 Å². The minimum absolute atomic E-state index is 0.413. The normalized spacial score (nSPS) is 9.93. The topological polar surface area (TPSA) is 52.3 Å². The molecule has 2 N–H and O–H groups in total. The Hall–Kier alpha value is -0.0500. The van der Waals surface area contributed by atoms with Gasteiger partial charge in [0, 0.05) is 5.56 Å². The Morgan fingerprint density at radius 1 is 1.43 bits per heavy atom. The van der Waals surface area contributed by atoms with Gasteiger partial charge in [-0.05, 0) is 64.2 Å². The van der Waals surface area contributed by atoms with Gasteiger partial charge in [0.25, 0.3) is 0 Å². The van der Waals surface area contributed by atoms with E-state index in [2.05, 4.69) is 45.2 Å². The molecule has 1 aromatic rings. The van der Waals surface area contributed by atoms with E-state index in [1.807, 2.05) is 6.92 Å². The molecular formula is C9H9I2NO2. The molecule has 0 aliphatic heterocycles. The van der Waals surface area contributed by atoms with E-state index in [1.165, 1.54) is 0 Å². The lowest BCUT2D eigenvalue weighted by atomic mass is 10.2. The third-order valence-electron chi connectivity index (χ3n) is 1.57. The molecule has 0 aromatic heterocycles. The number of halogens is 2. The molecular weight excluding hydrogens is 408 g/mol. The van der Waals surface area contributed by atoms with Crippen molar-refractivity contribution >= 4 is 51.1 Å². The SMILES string of the molecule is CCOc1c(I)cc(C(N)=O)cc1I. The Morgan fingerprint density at radius 3 is 2.29 bits per heavy atom. The number of primary amides is 1. The van der Waals surface area contributed by atoms with Gasteiger partial charge in [-0.1, -0.05) is 0 Å². The second-order valence-corrected chi connectivity index (χ2v) is 4.89. The highest BCUT2D eigenvalue weighted by Gasteiger charge is 2.10. The molecule has 0 heterocycles. The first-order chi connectivity index (χ1) is 6.56. The summed E-state index contributed by atoms with van der Waals surface area (Å²) in [7, 11) is 0. The number of amides is 1. The van der Waals surface area contributed by atoms with Crippen LogP contribution in [0.15, 0.2) is 12.1 Å². The van der Waals surface area contributed by atoms with Crippen LogP contribution in [0.25, 0.3) is 0 Å². The van der Waals surface area contributed by atoms with Crippen molar-refractivity contribution in [1.29, 1.82) is 0 Å². The van der Waals surface area contributed by atoms with Crippen molar-refractivity contribution in [2.24, 2.45) is 5.73 Å². The van der Waals surface area contributed by atoms with E-state index in [9.17, 15) is 4.79 Å².